The molecule has 0 atom stereocenters. The molecule has 0 amide bonds. The highest BCUT2D eigenvalue weighted by molar-refractivity contribution is 14.0. The molecule has 0 bridgehead atoms. The summed E-state index contributed by atoms with van der Waals surface area (Å²) < 4.78 is 15.5. The second-order valence-corrected chi connectivity index (χ2v) is 4.73. The van der Waals surface area contributed by atoms with E-state index in [0.717, 1.165) is 0 Å². The highest BCUT2D eigenvalue weighted by atomic mass is 127. The van der Waals surface area contributed by atoms with Crippen molar-refractivity contribution in [3.8, 4) is 5.69 Å². The van der Waals surface area contributed by atoms with Gasteiger partial charge in [-0.05, 0) is 32.2 Å². The second-order valence-electron chi connectivity index (χ2n) is 3.91. The largest absolute Gasteiger partial charge is 0.378 e. The molecule has 108 valence electrons. The molecule has 2 N–H and O–H groups in total. The van der Waals surface area contributed by atoms with E-state index >= 15 is 0 Å². The molecular weight excluding hydrogens is 392 g/mol. The Labute approximate surface area is 137 Å². The van der Waals surface area contributed by atoms with Gasteiger partial charge in [0.15, 0.2) is 11.0 Å². The highest BCUT2D eigenvalue weighted by Crippen LogP contribution is 2.21. The topological polar surface area (TPSA) is 69.1 Å². The number of thioether (sulfide) groups is 1. The first-order valence-electron chi connectivity index (χ1n) is 5.59. The van der Waals surface area contributed by atoms with Crippen LogP contribution in [0, 0.1) is 19.7 Å². The Hall–Kier alpha value is -1.16. The predicted octanol–water partition coefficient (Wildman–Crippen LogP) is 2.95. The van der Waals surface area contributed by atoms with Crippen LogP contribution in [0.4, 0.5) is 10.1 Å². The number of hydrogen-bond acceptors (Lipinski definition) is 4. The number of benzene rings is 1. The maximum atomic E-state index is 14.1. The van der Waals surface area contributed by atoms with Gasteiger partial charge < -0.3 is 5.73 Å². The summed E-state index contributed by atoms with van der Waals surface area (Å²) in [6.45, 7) is 3.54. The maximum absolute atomic E-state index is 14.1. The normalized spacial score (nSPS) is 11.3. The van der Waals surface area contributed by atoms with Crippen LogP contribution in [0.5, 0.6) is 0 Å². The number of amidine groups is 1. The van der Waals surface area contributed by atoms with Gasteiger partial charge in [-0.3, -0.25) is 0 Å². The lowest BCUT2D eigenvalue weighted by Crippen LogP contribution is -2.05. The third kappa shape index (κ3) is 3.69. The Kier molecular flexibility index (Phi) is 5.93. The molecular formula is C12H15FIN5S. The molecule has 0 radical (unpaired) electrons. The summed E-state index contributed by atoms with van der Waals surface area (Å²) in [5, 5.41) is 4.54. The molecule has 2 rings (SSSR count). The minimum atomic E-state index is -0.414. The molecule has 2 aromatic rings. The van der Waals surface area contributed by atoms with Gasteiger partial charge in [0.05, 0.1) is 5.69 Å². The van der Waals surface area contributed by atoms with Crippen LogP contribution in [0.1, 0.15) is 11.6 Å². The minimum Gasteiger partial charge on any atom is -0.378 e. The van der Waals surface area contributed by atoms with E-state index in [1.807, 2.05) is 6.26 Å². The van der Waals surface area contributed by atoms with Gasteiger partial charge in [0.1, 0.15) is 17.3 Å². The van der Waals surface area contributed by atoms with Crippen molar-refractivity contribution in [3.63, 3.8) is 0 Å². The molecule has 0 aliphatic heterocycles. The van der Waals surface area contributed by atoms with E-state index in [1.165, 1.54) is 22.5 Å². The van der Waals surface area contributed by atoms with Crippen LogP contribution in [0.2, 0.25) is 0 Å². The van der Waals surface area contributed by atoms with Crippen LogP contribution in [0.25, 0.3) is 5.69 Å². The summed E-state index contributed by atoms with van der Waals surface area (Å²) in [7, 11) is 0. The SMILES string of the molecule is CSC(N)=Nc1ccc(-n2nc(C)nc2C)c(F)c1.I. The Morgan fingerprint density at radius 3 is 2.60 bits per heavy atom. The van der Waals surface area contributed by atoms with Gasteiger partial charge in [0, 0.05) is 6.07 Å². The third-order valence-electron chi connectivity index (χ3n) is 2.48. The first kappa shape index (κ1) is 16.9. The summed E-state index contributed by atoms with van der Waals surface area (Å²) in [6.07, 6.45) is 1.81. The highest BCUT2D eigenvalue weighted by Gasteiger charge is 2.10. The van der Waals surface area contributed by atoms with Crippen molar-refractivity contribution >= 4 is 46.6 Å². The second kappa shape index (κ2) is 7.02. The van der Waals surface area contributed by atoms with E-state index in [4.69, 9.17) is 5.73 Å². The van der Waals surface area contributed by atoms with Crippen molar-refractivity contribution in [1.82, 2.24) is 14.8 Å². The van der Waals surface area contributed by atoms with Crippen LogP contribution in [-0.2, 0) is 0 Å². The number of halogens is 2. The average Bonchev–Trinajstić information content (AvgIpc) is 2.68. The fraction of sp³-hybridized carbons (Fsp3) is 0.250. The first-order chi connectivity index (χ1) is 9.01. The number of aryl methyl sites for hydroxylation is 2. The number of nitrogens with two attached hydrogens (primary N) is 1. The third-order valence-corrected chi connectivity index (χ3v) is 2.99. The first-order valence-corrected chi connectivity index (χ1v) is 6.82. The van der Waals surface area contributed by atoms with Crippen LogP contribution in [-0.4, -0.2) is 26.2 Å². The standard InChI is InChI=1S/C12H14FN5S.HI/c1-7-15-8(2)18(17-7)11-5-4-9(6-10(11)13)16-12(14)19-3;/h4-6H,1-3H3,(H2,14,16);1H. The Bertz CT molecular complexity index is 641. The lowest BCUT2D eigenvalue weighted by atomic mass is 10.2. The van der Waals surface area contributed by atoms with E-state index in [1.54, 1.807) is 26.0 Å². The minimum absolute atomic E-state index is 0. The van der Waals surface area contributed by atoms with E-state index < -0.39 is 5.82 Å². The summed E-state index contributed by atoms with van der Waals surface area (Å²) >= 11 is 1.31. The van der Waals surface area contributed by atoms with Gasteiger partial charge >= 0.3 is 0 Å². The molecule has 0 saturated heterocycles. The number of aliphatic imine (C=N–C) groups is 1. The van der Waals surface area contributed by atoms with Gasteiger partial charge in [-0.2, -0.15) is 5.10 Å². The summed E-state index contributed by atoms with van der Waals surface area (Å²) in [5.74, 6) is 0.824. The van der Waals surface area contributed by atoms with Gasteiger partial charge in [0.2, 0.25) is 0 Å². The van der Waals surface area contributed by atoms with Crippen molar-refractivity contribution in [2.75, 3.05) is 6.26 Å². The Morgan fingerprint density at radius 1 is 1.40 bits per heavy atom. The van der Waals surface area contributed by atoms with Crippen LogP contribution < -0.4 is 5.73 Å². The molecule has 1 aromatic heterocycles. The van der Waals surface area contributed by atoms with Crippen LogP contribution in [0.3, 0.4) is 0 Å². The van der Waals surface area contributed by atoms with Crippen molar-refractivity contribution < 1.29 is 4.39 Å². The predicted molar refractivity (Wildman–Crippen MR) is 91.0 cm³/mol. The average molecular weight is 407 g/mol. The number of rotatable bonds is 2. The van der Waals surface area contributed by atoms with Crippen molar-refractivity contribution in [2.45, 2.75) is 13.8 Å². The zero-order valence-electron chi connectivity index (χ0n) is 11.3. The van der Waals surface area contributed by atoms with Crippen molar-refractivity contribution in [2.24, 2.45) is 10.7 Å². The quantitative estimate of drug-likeness (QED) is 0.472. The Morgan fingerprint density at radius 2 is 2.10 bits per heavy atom. The smallest absolute Gasteiger partial charge is 0.158 e. The number of hydrogen-bond donors (Lipinski definition) is 1. The van der Waals surface area contributed by atoms with Crippen molar-refractivity contribution in [1.29, 1.82) is 0 Å². The van der Waals surface area contributed by atoms with E-state index in [-0.39, 0.29) is 24.0 Å². The zero-order valence-corrected chi connectivity index (χ0v) is 14.4. The monoisotopic (exact) mass is 407 g/mol. The zero-order chi connectivity index (χ0) is 14.0. The van der Waals surface area contributed by atoms with Gasteiger partial charge in [-0.15, -0.1) is 24.0 Å². The molecule has 5 nitrogen and oxygen atoms in total. The Balaban J connectivity index is 0.00000200. The van der Waals surface area contributed by atoms with Crippen molar-refractivity contribution in [3.05, 3.63) is 35.7 Å². The van der Waals surface area contributed by atoms with E-state index in [0.29, 0.717) is 28.2 Å². The van der Waals surface area contributed by atoms with E-state index in [9.17, 15) is 4.39 Å². The number of aromatic nitrogens is 3. The molecule has 0 spiro atoms. The molecule has 0 aliphatic carbocycles. The van der Waals surface area contributed by atoms with Crippen LogP contribution >= 0.6 is 35.7 Å². The fourth-order valence-corrected chi connectivity index (χ4v) is 1.86. The summed E-state index contributed by atoms with van der Waals surface area (Å²) in [6, 6.07) is 4.63. The lowest BCUT2D eigenvalue weighted by Gasteiger charge is -2.05. The molecule has 1 aromatic carbocycles. The summed E-state index contributed by atoms with van der Waals surface area (Å²) in [5.41, 5.74) is 6.42. The van der Waals surface area contributed by atoms with Gasteiger partial charge in [-0.25, -0.2) is 19.0 Å². The fourth-order valence-electron chi connectivity index (χ4n) is 1.66. The molecule has 0 fully saturated rings. The lowest BCUT2D eigenvalue weighted by molar-refractivity contribution is 0.608. The molecule has 1 heterocycles. The summed E-state index contributed by atoms with van der Waals surface area (Å²) in [4.78, 5) is 8.22. The molecule has 0 unspecified atom stereocenters. The maximum Gasteiger partial charge on any atom is 0.158 e. The number of nitrogens with zero attached hydrogens (tertiary/aromatic N) is 4. The van der Waals surface area contributed by atoms with E-state index in [2.05, 4.69) is 15.1 Å². The molecule has 8 heteroatoms. The van der Waals surface area contributed by atoms with Crippen LogP contribution in [0.15, 0.2) is 23.2 Å². The van der Waals surface area contributed by atoms with Gasteiger partial charge in [-0.1, -0.05) is 11.8 Å². The van der Waals surface area contributed by atoms with Gasteiger partial charge in [0.25, 0.3) is 0 Å². The molecule has 0 saturated carbocycles. The molecule has 0 aliphatic rings. The molecule has 20 heavy (non-hydrogen) atoms.